The lowest BCUT2D eigenvalue weighted by Gasteiger charge is -2.08. The predicted molar refractivity (Wildman–Crippen MR) is 127 cm³/mol. The first-order valence-corrected chi connectivity index (χ1v) is 10.6. The van der Waals surface area contributed by atoms with E-state index in [2.05, 4.69) is 37.5 Å². The smallest absolute Gasteiger partial charge is 0.251 e. The van der Waals surface area contributed by atoms with Gasteiger partial charge in [0.05, 0.1) is 22.9 Å². The fraction of sp³-hybridized carbons (Fsp3) is 0.160. The number of nitrogens with zero attached hydrogens (tertiary/aromatic N) is 5. The van der Waals surface area contributed by atoms with Crippen LogP contribution in [-0.4, -0.2) is 30.5 Å². The van der Waals surface area contributed by atoms with Crippen LogP contribution < -0.4 is 11.1 Å². The van der Waals surface area contributed by atoms with Crippen molar-refractivity contribution in [1.29, 1.82) is 0 Å². The normalized spacial score (nSPS) is 11.2. The number of nitrogens with two attached hydrogens (primary N) is 1. The Kier molecular flexibility index (Phi) is 5.18. The van der Waals surface area contributed by atoms with Crippen LogP contribution >= 0.6 is 0 Å². The maximum absolute atomic E-state index is 12.8. The second-order valence-electron chi connectivity index (χ2n) is 8.15. The number of imidazole rings is 1. The van der Waals surface area contributed by atoms with E-state index in [9.17, 15) is 4.79 Å². The van der Waals surface area contributed by atoms with Gasteiger partial charge in [0.2, 0.25) is 5.95 Å². The number of rotatable bonds is 5. The Morgan fingerprint density at radius 1 is 1.03 bits per heavy atom. The van der Waals surface area contributed by atoms with Gasteiger partial charge in [-0.1, -0.05) is 6.07 Å². The third-order valence-electron chi connectivity index (χ3n) is 5.56. The van der Waals surface area contributed by atoms with Crippen molar-refractivity contribution in [3.8, 4) is 0 Å². The highest BCUT2D eigenvalue weighted by molar-refractivity contribution is 5.94. The summed E-state index contributed by atoms with van der Waals surface area (Å²) >= 11 is 0. The van der Waals surface area contributed by atoms with Crippen molar-refractivity contribution in [1.82, 2.24) is 29.9 Å². The first-order chi connectivity index (χ1) is 16.0. The number of carbonyl (C=O) groups is 1. The van der Waals surface area contributed by atoms with Gasteiger partial charge in [0.25, 0.3) is 5.91 Å². The zero-order chi connectivity index (χ0) is 22.9. The molecule has 4 heterocycles. The van der Waals surface area contributed by atoms with Gasteiger partial charge in [-0.3, -0.25) is 14.8 Å². The molecule has 0 radical (unpaired) electrons. The van der Waals surface area contributed by atoms with E-state index in [-0.39, 0.29) is 5.91 Å². The van der Waals surface area contributed by atoms with Crippen LogP contribution in [0.3, 0.4) is 0 Å². The van der Waals surface area contributed by atoms with Crippen LogP contribution in [0.15, 0.2) is 61.1 Å². The summed E-state index contributed by atoms with van der Waals surface area (Å²) in [6, 6.07) is 13.8. The number of aromatic nitrogens is 5. The monoisotopic (exact) mass is 437 g/mol. The van der Waals surface area contributed by atoms with Crippen LogP contribution in [0.1, 0.15) is 38.4 Å². The quantitative estimate of drug-likeness (QED) is 0.436. The number of nitrogen functional groups attached to an aromatic ring is 1. The van der Waals surface area contributed by atoms with E-state index in [1.54, 1.807) is 23.0 Å². The minimum absolute atomic E-state index is 0.165. The van der Waals surface area contributed by atoms with Crippen molar-refractivity contribution in [3.05, 3.63) is 94.7 Å². The summed E-state index contributed by atoms with van der Waals surface area (Å²) in [6.07, 6.45) is 5.85. The summed E-state index contributed by atoms with van der Waals surface area (Å²) in [4.78, 5) is 25.9. The zero-order valence-electron chi connectivity index (χ0n) is 18.4. The number of aryl methyl sites for hydroxylation is 2. The first-order valence-electron chi connectivity index (χ1n) is 10.6. The average molecular weight is 438 g/mol. The Labute approximate surface area is 190 Å². The highest BCUT2D eigenvalue weighted by atomic mass is 16.1. The van der Waals surface area contributed by atoms with E-state index in [4.69, 9.17) is 5.73 Å². The van der Waals surface area contributed by atoms with Crippen molar-refractivity contribution < 1.29 is 4.79 Å². The van der Waals surface area contributed by atoms with Crippen molar-refractivity contribution >= 4 is 28.3 Å². The molecular formula is C25H23N7O. The number of hydrogen-bond acceptors (Lipinski definition) is 6. The van der Waals surface area contributed by atoms with Crippen LogP contribution in [0.5, 0.6) is 0 Å². The summed E-state index contributed by atoms with van der Waals surface area (Å²) < 4.78 is 1.58. The SMILES string of the molecule is Cc1cnc2ccc(Cc3cc(C(=O)NCc4cnn5c(N)nc(C)c5c4)ccn3)cc2c1. The Morgan fingerprint density at radius 2 is 1.91 bits per heavy atom. The van der Waals surface area contributed by atoms with E-state index in [1.807, 2.05) is 44.3 Å². The van der Waals surface area contributed by atoms with Crippen LogP contribution in [-0.2, 0) is 13.0 Å². The highest BCUT2D eigenvalue weighted by Gasteiger charge is 2.10. The van der Waals surface area contributed by atoms with Crippen LogP contribution in [0, 0.1) is 13.8 Å². The summed E-state index contributed by atoms with van der Waals surface area (Å²) in [5.41, 5.74) is 12.9. The number of hydrogen-bond donors (Lipinski definition) is 2. The average Bonchev–Trinajstić information content (AvgIpc) is 3.10. The predicted octanol–water partition coefficient (Wildman–Crippen LogP) is 3.39. The third-order valence-corrected chi connectivity index (χ3v) is 5.56. The zero-order valence-corrected chi connectivity index (χ0v) is 18.4. The number of anilines is 1. The number of benzene rings is 1. The third kappa shape index (κ3) is 4.23. The lowest BCUT2D eigenvalue weighted by atomic mass is 10.0. The van der Waals surface area contributed by atoms with Gasteiger partial charge < -0.3 is 11.1 Å². The Morgan fingerprint density at radius 3 is 2.79 bits per heavy atom. The van der Waals surface area contributed by atoms with Crippen molar-refractivity contribution in [3.63, 3.8) is 0 Å². The molecule has 0 saturated heterocycles. The van der Waals surface area contributed by atoms with Crippen molar-refractivity contribution in [2.45, 2.75) is 26.8 Å². The molecule has 0 saturated carbocycles. The van der Waals surface area contributed by atoms with Crippen LogP contribution in [0.25, 0.3) is 16.4 Å². The number of nitrogens with one attached hydrogen (secondary N) is 1. The maximum Gasteiger partial charge on any atom is 0.251 e. The van der Waals surface area contributed by atoms with Gasteiger partial charge in [0.1, 0.15) is 0 Å². The number of fused-ring (bicyclic) bond motifs is 2. The van der Waals surface area contributed by atoms with Gasteiger partial charge in [-0.2, -0.15) is 9.61 Å². The molecule has 0 unspecified atom stereocenters. The molecular weight excluding hydrogens is 414 g/mol. The largest absolute Gasteiger partial charge is 0.368 e. The number of amides is 1. The fourth-order valence-electron chi connectivity index (χ4n) is 3.89. The van der Waals surface area contributed by atoms with Gasteiger partial charge in [-0.15, -0.1) is 0 Å². The maximum atomic E-state index is 12.8. The fourth-order valence-corrected chi connectivity index (χ4v) is 3.89. The summed E-state index contributed by atoms with van der Waals surface area (Å²) in [5.74, 6) is 0.182. The minimum Gasteiger partial charge on any atom is -0.368 e. The second kappa shape index (κ2) is 8.31. The van der Waals surface area contributed by atoms with E-state index in [0.717, 1.165) is 44.5 Å². The molecule has 0 spiro atoms. The molecule has 33 heavy (non-hydrogen) atoms. The molecule has 164 valence electrons. The first kappa shape index (κ1) is 20.6. The van der Waals surface area contributed by atoms with Gasteiger partial charge in [-0.05, 0) is 66.9 Å². The van der Waals surface area contributed by atoms with Gasteiger partial charge in [0.15, 0.2) is 0 Å². The molecule has 1 amide bonds. The molecule has 4 aromatic heterocycles. The molecule has 0 aliphatic rings. The topological polar surface area (TPSA) is 111 Å². The Hall–Kier alpha value is -4.33. The molecule has 5 aromatic rings. The lowest BCUT2D eigenvalue weighted by molar-refractivity contribution is 0.0950. The molecule has 0 fully saturated rings. The van der Waals surface area contributed by atoms with Crippen molar-refractivity contribution in [2.24, 2.45) is 0 Å². The molecule has 3 N–H and O–H groups in total. The lowest BCUT2D eigenvalue weighted by Crippen LogP contribution is -2.23. The molecule has 8 nitrogen and oxygen atoms in total. The van der Waals surface area contributed by atoms with E-state index in [0.29, 0.717) is 24.5 Å². The molecule has 0 aliphatic carbocycles. The molecule has 0 bridgehead atoms. The van der Waals surface area contributed by atoms with Crippen molar-refractivity contribution in [2.75, 3.05) is 5.73 Å². The van der Waals surface area contributed by atoms with Crippen LogP contribution in [0.2, 0.25) is 0 Å². The molecule has 5 rings (SSSR count). The summed E-state index contributed by atoms with van der Waals surface area (Å²) in [7, 11) is 0. The number of pyridine rings is 2. The van der Waals surface area contributed by atoms with Gasteiger partial charge >= 0.3 is 0 Å². The second-order valence-corrected chi connectivity index (χ2v) is 8.15. The molecule has 0 aliphatic heterocycles. The number of carbonyl (C=O) groups excluding carboxylic acids is 1. The molecule has 8 heteroatoms. The Bertz CT molecular complexity index is 1510. The highest BCUT2D eigenvalue weighted by Crippen LogP contribution is 2.18. The van der Waals surface area contributed by atoms with Crippen LogP contribution in [0.4, 0.5) is 5.95 Å². The van der Waals surface area contributed by atoms with Gasteiger partial charge in [0, 0.05) is 42.0 Å². The molecule has 1 aromatic carbocycles. The standard InChI is InChI=1S/C25H23N7O/c1-15-7-20-8-17(3-4-22(20)28-12-15)9-21-11-19(5-6-27-21)24(33)29-13-18-10-23-16(2)31-25(26)32(23)30-14-18/h3-8,10-12,14H,9,13H2,1-2H3,(H2,26,31)(H,29,33). The van der Waals surface area contributed by atoms with E-state index < -0.39 is 0 Å². The minimum atomic E-state index is -0.165. The van der Waals surface area contributed by atoms with E-state index in [1.165, 1.54) is 0 Å². The summed E-state index contributed by atoms with van der Waals surface area (Å²) in [5, 5.41) is 8.35. The summed E-state index contributed by atoms with van der Waals surface area (Å²) in [6.45, 7) is 4.26. The Balaban J connectivity index is 1.29. The van der Waals surface area contributed by atoms with E-state index >= 15 is 0 Å². The molecule has 0 atom stereocenters. The van der Waals surface area contributed by atoms with Gasteiger partial charge in [-0.25, -0.2) is 4.98 Å².